The maximum absolute atomic E-state index is 6.32. The monoisotopic (exact) mass is 281 g/mol. The first kappa shape index (κ1) is 14.7. The van der Waals surface area contributed by atoms with Gasteiger partial charge in [0.2, 0.25) is 0 Å². The molecule has 2 rings (SSSR count). The van der Waals surface area contributed by atoms with E-state index in [1.54, 1.807) is 7.11 Å². The summed E-state index contributed by atoms with van der Waals surface area (Å²) in [5, 5.41) is 0.726. The number of ether oxygens (including phenoxy) is 1. The molecule has 0 spiro atoms. The Hall–Kier alpha value is -0.730. The van der Waals surface area contributed by atoms with Crippen molar-refractivity contribution < 1.29 is 4.74 Å². The molecule has 1 unspecified atom stereocenters. The molecule has 0 heterocycles. The van der Waals surface area contributed by atoms with Crippen molar-refractivity contribution >= 4 is 11.6 Å². The minimum atomic E-state index is 0.0237. The molecule has 106 valence electrons. The van der Waals surface area contributed by atoms with Gasteiger partial charge in [0.15, 0.2) is 0 Å². The van der Waals surface area contributed by atoms with Gasteiger partial charge >= 0.3 is 0 Å². The van der Waals surface area contributed by atoms with Crippen molar-refractivity contribution in [2.75, 3.05) is 7.11 Å². The van der Waals surface area contributed by atoms with Gasteiger partial charge in [0.1, 0.15) is 5.75 Å². The van der Waals surface area contributed by atoms with Gasteiger partial charge in [-0.3, -0.25) is 0 Å². The van der Waals surface area contributed by atoms with E-state index in [-0.39, 0.29) is 6.04 Å². The van der Waals surface area contributed by atoms with Crippen molar-refractivity contribution in [3.8, 4) is 5.75 Å². The summed E-state index contributed by atoms with van der Waals surface area (Å²) in [6.45, 7) is 0. The van der Waals surface area contributed by atoms with E-state index in [4.69, 9.17) is 22.1 Å². The van der Waals surface area contributed by atoms with E-state index < -0.39 is 0 Å². The number of hydrogen-bond acceptors (Lipinski definition) is 2. The van der Waals surface area contributed by atoms with Crippen LogP contribution >= 0.6 is 11.6 Å². The molecule has 0 amide bonds. The lowest BCUT2D eigenvalue weighted by Crippen LogP contribution is -2.15. The van der Waals surface area contributed by atoms with Crippen LogP contribution in [0.4, 0.5) is 0 Å². The SMILES string of the molecule is COc1ccc(Cl)cc1C(N)CCC1CCCCC1. The highest BCUT2D eigenvalue weighted by Crippen LogP contribution is 2.33. The number of benzene rings is 1. The maximum Gasteiger partial charge on any atom is 0.123 e. The normalized spacial score (nSPS) is 18.3. The first-order valence-electron chi connectivity index (χ1n) is 7.29. The second-order valence-corrected chi connectivity index (χ2v) is 6.01. The molecule has 1 aliphatic carbocycles. The third-order valence-corrected chi connectivity index (χ3v) is 4.44. The standard InChI is InChI=1S/C16H24ClNO/c1-19-16-10-8-13(17)11-14(16)15(18)9-7-12-5-3-2-4-6-12/h8,10-12,15H,2-7,9,18H2,1H3. The highest BCUT2D eigenvalue weighted by Gasteiger charge is 2.17. The molecule has 0 radical (unpaired) electrons. The minimum absolute atomic E-state index is 0.0237. The Morgan fingerprint density at radius 3 is 2.74 bits per heavy atom. The van der Waals surface area contributed by atoms with Crippen LogP contribution in [0.1, 0.15) is 56.6 Å². The molecule has 0 aromatic heterocycles. The van der Waals surface area contributed by atoms with Gasteiger partial charge in [-0.05, 0) is 37.0 Å². The Bertz CT molecular complexity index is 402. The zero-order valence-corrected chi connectivity index (χ0v) is 12.5. The fourth-order valence-electron chi connectivity index (χ4n) is 3.04. The molecule has 2 N–H and O–H groups in total. The molecule has 1 atom stereocenters. The van der Waals surface area contributed by atoms with Crippen LogP contribution < -0.4 is 10.5 Å². The predicted molar refractivity (Wildman–Crippen MR) is 80.7 cm³/mol. The van der Waals surface area contributed by atoms with Crippen LogP contribution in [0.15, 0.2) is 18.2 Å². The number of hydrogen-bond donors (Lipinski definition) is 1. The molecule has 0 aliphatic heterocycles. The van der Waals surface area contributed by atoms with Gasteiger partial charge in [0, 0.05) is 16.6 Å². The van der Waals surface area contributed by atoms with E-state index >= 15 is 0 Å². The van der Waals surface area contributed by atoms with Crippen LogP contribution in [0, 0.1) is 5.92 Å². The highest BCUT2D eigenvalue weighted by atomic mass is 35.5. The first-order chi connectivity index (χ1) is 9.20. The molecule has 1 aliphatic rings. The van der Waals surface area contributed by atoms with Crippen molar-refractivity contribution in [1.82, 2.24) is 0 Å². The van der Waals surface area contributed by atoms with E-state index in [2.05, 4.69) is 0 Å². The summed E-state index contributed by atoms with van der Waals surface area (Å²) in [5.41, 5.74) is 7.35. The van der Waals surface area contributed by atoms with Gasteiger partial charge in [0.25, 0.3) is 0 Å². The topological polar surface area (TPSA) is 35.2 Å². The van der Waals surface area contributed by atoms with Crippen LogP contribution in [0.25, 0.3) is 0 Å². The molecule has 1 saturated carbocycles. The van der Waals surface area contributed by atoms with Gasteiger partial charge in [-0.15, -0.1) is 0 Å². The Morgan fingerprint density at radius 1 is 1.32 bits per heavy atom. The smallest absolute Gasteiger partial charge is 0.123 e. The highest BCUT2D eigenvalue weighted by molar-refractivity contribution is 6.30. The van der Waals surface area contributed by atoms with Crippen LogP contribution in [-0.2, 0) is 0 Å². The van der Waals surface area contributed by atoms with E-state index in [0.717, 1.165) is 28.7 Å². The molecule has 0 saturated heterocycles. The van der Waals surface area contributed by atoms with Crippen LogP contribution in [-0.4, -0.2) is 7.11 Å². The van der Waals surface area contributed by atoms with Crippen LogP contribution in [0.3, 0.4) is 0 Å². The lowest BCUT2D eigenvalue weighted by molar-refractivity contribution is 0.322. The molecule has 3 heteroatoms. The summed E-state index contributed by atoms with van der Waals surface area (Å²) in [6.07, 6.45) is 9.17. The molecular weight excluding hydrogens is 258 g/mol. The van der Waals surface area contributed by atoms with Crippen LogP contribution in [0.5, 0.6) is 5.75 Å². The number of methoxy groups -OCH3 is 1. The molecule has 0 bridgehead atoms. The molecule has 1 aromatic carbocycles. The Kier molecular flexibility index (Phi) is 5.53. The molecular formula is C16H24ClNO. The second-order valence-electron chi connectivity index (χ2n) is 5.57. The number of rotatable bonds is 5. The minimum Gasteiger partial charge on any atom is -0.496 e. The Labute approximate surface area is 121 Å². The lowest BCUT2D eigenvalue weighted by atomic mass is 9.84. The largest absolute Gasteiger partial charge is 0.496 e. The van der Waals surface area contributed by atoms with Crippen molar-refractivity contribution in [1.29, 1.82) is 0 Å². The molecule has 1 aromatic rings. The Balaban J connectivity index is 1.94. The quantitative estimate of drug-likeness (QED) is 0.848. The summed E-state index contributed by atoms with van der Waals surface area (Å²) in [5.74, 6) is 1.71. The first-order valence-corrected chi connectivity index (χ1v) is 7.67. The molecule has 19 heavy (non-hydrogen) atoms. The van der Waals surface area contributed by atoms with Crippen molar-refractivity contribution in [3.05, 3.63) is 28.8 Å². The lowest BCUT2D eigenvalue weighted by Gasteiger charge is -2.23. The van der Waals surface area contributed by atoms with Crippen molar-refractivity contribution in [2.24, 2.45) is 11.7 Å². The molecule has 2 nitrogen and oxygen atoms in total. The zero-order chi connectivity index (χ0) is 13.7. The number of nitrogens with two attached hydrogens (primary N) is 1. The van der Waals surface area contributed by atoms with Gasteiger partial charge in [-0.1, -0.05) is 43.7 Å². The predicted octanol–water partition coefficient (Wildman–Crippen LogP) is 4.71. The summed E-state index contributed by atoms with van der Waals surface area (Å²) < 4.78 is 5.37. The summed E-state index contributed by atoms with van der Waals surface area (Å²) in [7, 11) is 1.68. The van der Waals surface area contributed by atoms with Gasteiger partial charge in [-0.25, -0.2) is 0 Å². The Morgan fingerprint density at radius 2 is 2.05 bits per heavy atom. The van der Waals surface area contributed by atoms with Gasteiger partial charge in [-0.2, -0.15) is 0 Å². The second kappa shape index (κ2) is 7.16. The zero-order valence-electron chi connectivity index (χ0n) is 11.7. The maximum atomic E-state index is 6.32. The third kappa shape index (κ3) is 4.12. The molecule has 1 fully saturated rings. The van der Waals surface area contributed by atoms with Crippen molar-refractivity contribution in [2.45, 2.75) is 51.0 Å². The summed E-state index contributed by atoms with van der Waals surface area (Å²) in [4.78, 5) is 0. The van der Waals surface area contributed by atoms with E-state index in [1.807, 2.05) is 18.2 Å². The van der Waals surface area contributed by atoms with Crippen molar-refractivity contribution in [3.63, 3.8) is 0 Å². The third-order valence-electron chi connectivity index (χ3n) is 4.20. The van der Waals surface area contributed by atoms with E-state index in [1.165, 1.54) is 38.5 Å². The number of halogens is 1. The van der Waals surface area contributed by atoms with Crippen LogP contribution in [0.2, 0.25) is 5.02 Å². The van der Waals surface area contributed by atoms with Gasteiger partial charge in [0.05, 0.1) is 7.11 Å². The fourth-order valence-corrected chi connectivity index (χ4v) is 3.22. The average Bonchev–Trinajstić information content (AvgIpc) is 2.46. The van der Waals surface area contributed by atoms with Gasteiger partial charge < -0.3 is 10.5 Å². The average molecular weight is 282 g/mol. The van der Waals surface area contributed by atoms with E-state index in [0.29, 0.717) is 0 Å². The van der Waals surface area contributed by atoms with E-state index in [9.17, 15) is 0 Å². The summed E-state index contributed by atoms with van der Waals surface area (Å²) >= 11 is 6.06. The summed E-state index contributed by atoms with van der Waals surface area (Å²) in [6, 6.07) is 5.71. The fraction of sp³-hybridized carbons (Fsp3) is 0.625.